The Balaban J connectivity index is 1.54. The fourth-order valence-corrected chi connectivity index (χ4v) is 3.51. The van der Waals surface area contributed by atoms with Gasteiger partial charge in [-0.2, -0.15) is 22.8 Å². The molecular formula is C20H15ClF3N7O2. The van der Waals surface area contributed by atoms with Crippen LogP contribution in [-0.2, 0) is 15.8 Å². The summed E-state index contributed by atoms with van der Waals surface area (Å²) in [5.74, 6) is -0.0292. The number of carbonyl (C=O) groups is 2. The number of alkyl halides is 3. The molecule has 5 rings (SSSR count). The SMILES string of the molecule is O=C1C/C(=C\c2cnn3c(NC4CC4)cc(Nc4ncc(C(F)(F)F)cc4Cl)nc23)C(=O)N1. The van der Waals surface area contributed by atoms with Crippen molar-refractivity contribution in [2.45, 2.75) is 31.5 Å². The molecule has 33 heavy (non-hydrogen) atoms. The second kappa shape index (κ2) is 7.73. The number of nitrogens with one attached hydrogen (secondary N) is 3. The lowest BCUT2D eigenvalue weighted by Crippen LogP contribution is -2.19. The lowest BCUT2D eigenvalue weighted by Gasteiger charge is -2.13. The summed E-state index contributed by atoms with van der Waals surface area (Å²) < 4.78 is 40.3. The highest BCUT2D eigenvalue weighted by Crippen LogP contribution is 2.34. The number of aromatic nitrogens is 4. The van der Waals surface area contributed by atoms with Gasteiger partial charge < -0.3 is 10.6 Å². The van der Waals surface area contributed by atoms with Crippen LogP contribution >= 0.6 is 11.6 Å². The predicted molar refractivity (Wildman–Crippen MR) is 113 cm³/mol. The lowest BCUT2D eigenvalue weighted by atomic mass is 10.1. The van der Waals surface area contributed by atoms with Crippen LogP contribution in [-0.4, -0.2) is 37.4 Å². The van der Waals surface area contributed by atoms with E-state index in [1.165, 1.54) is 12.3 Å². The predicted octanol–water partition coefficient (Wildman–Crippen LogP) is 3.54. The average molecular weight is 478 g/mol. The Bertz CT molecular complexity index is 1330. The van der Waals surface area contributed by atoms with Crippen molar-refractivity contribution >= 4 is 52.6 Å². The molecule has 1 saturated heterocycles. The van der Waals surface area contributed by atoms with E-state index < -0.39 is 23.6 Å². The Hall–Kier alpha value is -3.67. The molecule has 3 aromatic rings. The average Bonchev–Trinajstić information content (AvgIpc) is 3.37. The molecule has 1 saturated carbocycles. The van der Waals surface area contributed by atoms with Crippen molar-refractivity contribution in [3.8, 4) is 0 Å². The molecule has 2 amide bonds. The van der Waals surface area contributed by atoms with E-state index in [9.17, 15) is 22.8 Å². The molecule has 2 aliphatic rings. The van der Waals surface area contributed by atoms with E-state index in [1.54, 1.807) is 10.6 Å². The highest BCUT2D eigenvalue weighted by molar-refractivity contribution is 6.33. The number of pyridine rings is 1. The fourth-order valence-electron chi connectivity index (χ4n) is 3.30. The molecule has 1 aliphatic carbocycles. The number of rotatable bonds is 5. The van der Waals surface area contributed by atoms with Crippen LogP contribution in [0.4, 0.5) is 30.6 Å². The summed E-state index contributed by atoms with van der Waals surface area (Å²) in [4.78, 5) is 31.7. The number of nitrogens with zero attached hydrogens (tertiary/aromatic N) is 4. The zero-order valence-corrected chi connectivity index (χ0v) is 17.5. The molecule has 3 N–H and O–H groups in total. The van der Waals surface area contributed by atoms with Crippen LogP contribution in [0.3, 0.4) is 0 Å². The smallest absolute Gasteiger partial charge is 0.367 e. The highest BCUT2D eigenvalue weighted by Gasteiger charge is 2.32. The van der Waals surface area contributed by atoms with Gasteiger partial charge in [0.1, 0.15) is 17.5 Å². The van der Waals surface area contributed by atoms with Crippen LogP contribution in [0.5, 0.6) is 0 Å². The van der Waals surface area contributed by atoms with E-state index in [2.05, 4.69) is 31.0 Å². The summed E-state index contributed by atoms with van der Waals surface area (Å²) in [5.41, 5.74) is 0.167. The molecule has 1 aliphatic heterocycles. The first-order valence-corrected chi connectivity index (χ1v) is 10.2. The van der Waals surface area contributed by atoms with Crippen LogP contribution in [0.25, 0.3) is 11.7 Å². The van der Waals surface area contributed by atoms with E-state index in [0.29, 0.717) is 23.2 Å². The highest BCUT2D eigenvalue weighted by atomic mass is 35.5. The van der Waals surface area contributed by atoms with Crippen LogP contribution in [0, 0.1) is 0 Å². The lowest BCUT2D eigenvalue weighted by molar-refractivity contribution is -0.137. The molecule has 4 heterocycles. The van der Waals surface area contributed by atoms with Gasteiger partial charge in [-0.15, -0.1) is 0 Å². The third-order valence-electron chi connectivity index (χ3n) is 5.07. The van der Waals surface area contributed by atoms with Gasteiger partial charge >= 0.3 is 6.18 Å². The van der Waals surface area contributed by atoms with Gasteiger partial charge in [0.15, 0.2) is 5.65 Å². The van der Waals surface area contributed by atoms with Gasteiger partial charge in [-0.05, 0) is 25.0 Å². The summed E-state index contributed by atoms with van der Waals surface area (Å²) in [5, 5.41) is 12.5. The first kappa shape index (κ1) is 21.2. The molecule has 9 nitrogen and oxygen atoms in total. The maximum atomic E-state index is 12.9. The zero-order chi connectivity index (χ0) is 23.3. The van der Waals surface area contributed by atoms with Crippen molar-refractivity contribution < 1.29 is 22.8 Å². The molecule has 0 bridgehead atoms. The number of hydrogen-bond acceptors (Lipinski definition) is 7. The summed E-state index contributed by atoms with van der Waals surface area (Å²) in [7, 11) is 0. The van der Waals surface area contributed by atoms with Crippen molar-refractivity contribution in [2.24, 2.45) is 0 Å². The zero-order valence-electron chi connectivity index (χ0n) is 16.7. The van der Waals surface area contributed by atoms with Gasteiger partial charge in [0.2, 0.25) is 5.91 Å². The summed E-state index contributed by atoms with van der Waals surface area (Å²) in [6.45, 7) is 0. The third kappa shape index (κ3) is 4.33. The number of hydrogen-bond donors (Lipinski definition) is 3. The van der Waals surface area contributed by atoms with Gasteiger partial charge in [-0.3, -0.25) is 14.9 Å². The van der Waals surface area contributed by atoms with Gasteiger partial charge in [0, 0.05) is 29.4 Å². The Kier molecular flexibility index (Phi) is 4.96. The maximum Gasteiger partial charge on any atom is 0.417 e. The molecule has 13 heteroatoms. The first-order valence-electron chi connectivity index (χ1n) is 9.87. The summed E-state index contributed by atoms with van der Waals surface area (Å²) in [6.07, 6.45) is 1.08. The standard InChI is InChI=1S/C20H15ClF3N7O2/c21-13-5-11(20(22,23)24)8-25-17(13)28-14-6-15(27-12-1-2-12)31-18(29-14)10(7-26-31)3-9-4-16(32)30-19(9)33/h3,5-8,12,27H,1-2,4H2,(H,25,28,29)(H,30,32,33)/b9-3+. The fraction of sp³-hybridized carbons (Fsp3) is 0.250. The number of halogens is 4. The van der Waals surface area contributed by atoms with Crippen molar-refractivity contribution in [1.29, 1.82) is 0 Å². The Morgan fingerprint density at radius 2 is 2.00 bits per heavy atom. The van der Waals surface area contributed by atoms with Crippen molar-refractivity contribution in [3.05, 3.63) is 46.2 Å². The van der Waals surface area contributed by atoms with Gasteiger partial charge in [0.05, 0.1) is 23.2 Å². The molecule has 0 radical (unpaired) electrons. The minimum atomic E-state index is -4.57. The molecule has 0 unspecified atom stereocenters. The second-order valence-corrected chi connectivity index (χ2v) is 8.09. The van der Waals surface area contributed by atoms with E-state index in [-0.39, 0.29) is 34.7 Å². The number of carbonyl (C=O) groups excluding carboxylic acids is 2. The van der Waals surface area contributed by atoms with Crippen LogP contribution in [0.2, 0.25) is 5.02 Å². The van der Waals surface area contributed by atoms with Gasteiger partial charge in [-0.25, -0.2) is 9.97 Å². The van der Waals surface area contributed by atoms with E-state index in [0.717, 1.165) is 18.9 Å². The normalized spacial score (nSPS) is 17.6. The summed E-state index contributed by atoms with van der Waals surface area (Å²) in [6, 6.07) is 2.68. The van der Waals surface area contributed by atoms with Gasteiger partial charge in [-0.1, -0.05) is 11.6 Å². The van der Waals surface area contributed by atoms with Crippen LogP contribution in [0.15, 0.2) is 30.1 Å². The molecule has 170 valence electrons. The number of imide groups is 1. The number of anilines is 3. The Morgan fingerprint density at radius 1 is 1.21 bits per heavy atom. The van der Waals surface area contributed by atoms with Crippen molar-refractivity contribution in [1.82, 2.24) is 24.9 Å². The molecule has 0 atom stereocenters. The largest absolute Gasteiger partial charge is 0.417 e. The van der Waals surface area contributed by atoms with E-state index in [1.807, 2.05) is 0 Å². The monoisotopic (exact) mass is 477 g/mol. The second-order valence-electron chi connectivity index (χ2n) is 7.68. The van der Waals surface area contributed by atoms with Crippen molar-refractivity contribution in [2.75, 3.05) is 10.6 Å². The topological polar surface area (TPSA) is 113 Å². The molecule has 0 aromatic carbocycles. The van der Waals surface area contributed by atoms with E-state index >= 15 is 0 Å². The van der Waals surface area contributed by atoms with Crippen molar-refractivity contribution in [3.63, 3.8) is 0 Å². The van der Waals surface area contributed by atoms with Gasteiger partial charge in [0.25, 0.3) is 5.91 Å². The van der Waals surface area contributed by atoms with Crippen LogP contribution < -0.4 is 16.0 Å². The number of fused-ring (bicyclic) bond motifs is 1. The minimum absolute atomic E-state index is 0.000856. The third-order valence-corrected chi connectivity index (χ3v) is 5.36. The molecule has 2 fully saturated rings. The number of amides is 2. The maximum absolute atomic E-state index is 12.9. The molecular weight excluding hydrogens is 463 g/mol. The first-order chi connectivity index (χ1) is 15.7. The van der Waals surface area contributed by atoms with E-state index in [4.69, 9.17) is 11.6 Å². The Labute approximate surface area is 189 Å². The minimum Gasteiger partial charge on any atom is -0.367 e. The van der Waals surface area contributed by atoms with Crippen LogP contribution in [0.1, 0.15) is 30.4 Å². The Morgan fingerprint density at radius 3 is 2.64 bits per heavy atom. The molecule has 3 aromatic heterocycles. The summed E-state index contributed by atoms with van der Waals surface area (Å²) >= 11 is 6.02. The molecule has 0 spiro atoms. The quantitative estimate of drug-likeness (QED) is 0.380.